The van der Waals surface area contributed by atoms with Crippen molar-refractivity contribution in [1.29, 1.82) is 0 Å². The van der Waals surface area contributed by atoms with Gasteiger partial charge in [0, 0.05) is 18.8 Å². The minimum absolute atomic E-state index is 0. The molecule has 1 aliphatic heterocycles. The molecule has 0 saturated carbocycles. The van der Waals surface area contributed by atoms with Gasteiger partial charge in [-0.15, -0.1) is 23.3 Å². The van der Waals surface area contributed by atoms with Gasteiger partial charge in [-0.1, -0.05) is 57.4 Å². The second-order valence-corrected chi connectivity index (χ2v) is 5.72. The Bertz CT molecular complexity index is 702. The Morgan fingerprint density at radius 3 is 2.57 bits per heavy atom. The standard InChI is InChI=1S/C16H11BrN.2ClH.Zr/c1-18-15-5-3-2-4-13(15)14-9-10-8-11(17)6-7-12(10)16(14)18;;;/h2-8,16H,1H3;2*1H;/q-1;;;+3/p-2. The maximum atomic E-state index is 3.57. The molecule has 0 bridgehead atoms. The summed E-state index contributed by atoms with van der Waals surface area (Å²) in [7, 11) is 2.16. The fourth-order valence-corrected chi connectivity index (χ4v) is 3.37. The van der Waals surface area contributed by atoms with E-state index in [1.54, 1.807) is 0 Å². The Kier molecular flexibility index (Phi) is 6.32. The van der Waals surface area contributed by atoms with Crippen molar-refractivity contribution >= 4 is 27.2 Å². The Morgan fingerprint density at radius 2 is 1.81 bits per heavy atom. The van der Waals surface area contributed by atoms with Crippen molar-refractivity contribution in [2.45, 2.75) is 6.04 Å². The first-order valence-corrected chi connectivity index (χ1v) is 6.80. The minimum atomic E-state index is 0. The third-order valence-electron chi connectivity index (χ3n) is 3.81. The molecule has 2 aliphatic rings. The molecule has 0 saturated heterocycles. The van der Waals surface area contributed by atoms with Gasteiger partial charge >= 0.3 is 26.2 Å². The summed E-state index contributed by atoms with van der Waals surface area (Å²) in [6.07, 6.45) is 3.57. The van der Waals surface area contributed by atoms with E-state index in [1.165, 1.54) is 28.0 Å². The summed E-state index contributed by atoms with van der Waals surface area (Å²) in [5.41, 5.74) is 6.50. The summed E-state index contributed by atoms with van der Waals surface area (Å²) >= 11 is 3.53. The van der Waals surface area contributed by atoms with Crippen LogP contribution in [0.15, 0.2) is 46.9 Å². The number of halogens is 3. The van der Waals surface area contributed by atoms with Gasteiger partial charge in [0.2, 0.25) is 0 Å². The predicted octanol–water partition coefficient (Wildman–Crippen LogP) is -1.81. The molecule has 0 fully saturated rings. The van der Waals surface area contributed by atoms with Crippen LogP contribution >= 0.6 is 15.9 Å². The van der Waals surface area contributed by atoms with Gasteiger partial charge in [0.1, 0.15) is 0 Å². The molecule has 0 spiro atoms. The third-order valence-corrected chi connectivity index (χ3v) is 4.31. The number of rotatable bonds is 0. The van der Waals surface area contributed by atoms with E-state index in [-0.39, 0.29) is 51.0 Å². The molecule has 21 heavy (non-hydrogen) atoms. The van der Waals surface area contributed by atoms with E-state index >= 15 is 0 Å². The molecule has 1 heterocycles. The Balaban J connectivity index is 0.000000735. The first-order chi connectivity index (χ1) is 8.75. The average Bonchev–Trinajstić information content (AvgIpc) is 2.87. The molecular formula is C16H11BrCl2NZr. The second kappa shape index (κ2) is 7.00. The largest absolute Gasteiger partial charge is 3.00 e. The van der Waals surface area contributed by atoms with Gasteiger partial charge in [-0.2, -0.15) is 0 Å². The van der Waals surface area contributed by atoms with Crippen molar-refractivity contribution in [2.24, 2.45) is 0 Å². The number of fused-ring (bicyclic) bond motifs is 5. The van der Waals surface area contributed by atoms with Crippen molar-refractivity contribution in [3.63, 3.8) is 0 Å². The van der Waals surface area contributed by atoms with E-state index in [9.17, 15) is 0 Å². The molecule has 105 valence electrons. The zero-order valence-corrected chi connectivity index (χ0v) is 16.8. The molecule has 1 atom stereocenters. The molecular weight excluding hydrogens is 448 g/mol. The number of nitrogens with zero attached hydrogens (tertiary/aromatic N) is 1. The maximum Gasteiger partial charge on any atom is 3.00 e. The van der Waals surface area contributed by atoms with E-state index in [0.717, 1.165) is 4.47 Å². The molecule has 1 unspecified atom stereocenters. The number of hydrogen-bond acceptors (Lipinski definition) is 1. The van der Waals surface area contributed by atoms with Gasteiger partial charge < -0.3 is 29.7 Å². The van der Waals surface area contributed by atoms with Gasteiger partial charge in [0.05, 0.1) is 0 Å². The summed E-state index contributed by atoms with van der Waals surface area (Å²) in [5, 5.41) is 0. The van der Waals surface area contributed by atoms with Crippen LogP contribution in [-0.2, 0) is 26.2 Å². The summed E-state index contributed by atoms with van der Waals surface area (Å²) in [6, 6.07) is 15.4. The Morgan fingerprint density at radius 1 is 1.10 bits per heavy atom. The van der Waals surface area contributed by atoms with Crippen LogP contribution in [0, 0.1) is 6.08 Å². The number of hydrogen-bond donors (Lipinski definition) is 0. The van der Waals surface area contributed by atoms with E-state index in [4.69, 9.17) is 0 Å². The zero-order chi connectivity index (χ0) is 12.3. The van der Waals surface area contributed by atoms with Crippen LogP contribution in [0.1, 0.15) is 22.7 Å². The minimum Gasteiger partial charge on any atom is -1.00 e. The molecule has 2 aromatic carbocycles. The quantitative estimate of drug-likeness (QED) is 0.421. The Hall–Kier alpha value is -0.0769. The van der Waals surface area contributed by atoms with Crippen LogP contribution in [0.25, 0.3) is 5.57 Å². The van der Waals surface area contributed by atoms with Crippen molar-refractivity contribution in [2.75, 3.05) is 11.9 Å². The van der Waals surface area contributed by atoms with Gasteiger partial charge in [0.25, 0.3) is 0 Å². The predicted molar refractivity (Wildman–Crippen MR) is 77.5 cm³/mol. The topological polar surface area (TPSA) is 3.24 Å². The first-order valence-electron chi connectivity index (χ1n) is 6.01. The monoisotopic (exact) mass is 456 g/mol. The van der Waals surface area contributed by atoms with Gasteiger partial charge in [-0.3, -0.25) is 0 Å². The van der Waals surface area contributed by atoms with E-state index in [2.05, 4.69) is 76.4 Å². The molecule has 1 radical (unpaired) electrons. The number of anilines is 1. The molecule has 2 aromatic rings. The fourth-order valence-electron chi connectivity index (χ4n) is 3.01. The Labute approximate surface area is 164 Å². The smallest absolute Gasteiger partial charge is 1.00 e. The second-order valence-electron chi connectivity index (χ2n) is 4.80. The van der Waals surface area contributed by atoms with E-state index < -0.39 is 0 Å². The summed E-state index contributed by atoms with van der Waals surface area (Å²) in [4.78, 5) is 2.34. The number of benzene rings is 2. The van der Waals surface area contributed by atoms with Crippen LogP contribution in [0.4, 0.5) is 5.69 Å². The zero-order valence-electron chi connectivity index (χ0n) is 11.2. The SMILES string of the molecule is CN1c2ccccc2C2=[C-]c3cc(Br)ccc3C21.[Cl-].[Cl-].[Zr+3]. The number of likely N-dealkylation sites (N-methyl/N-ethyl adjacent to an activating group) is 1. The molecule has 0 N–H and O–H groups in total. The van der Waals surface area contributed by atoms with Gasteiger partial charge in [0.15, 0.2) is 0 Å². The van der Waals surface area contributed by atoms with Crippen molar-refractivity contribution in [3.8, 4) is 0 Å². The third kappa shape index (κ3) is 2.79. The van der Waals surface area contributed by atoms with Crippen LogP contribution in [0.2, 0.25) is 0 Å². The maximum absolute atomic E-state index is 3.57. The van der Waals surface area contributed by atoms with Gasteiger partial charge in [-0.25, -0.2) is 0 Å². The van der Waals surface area contributed by atoms with E-state index in [1.807, 2.05) is 0 Å². The normalized spacial score (nSPS) is 16.6. The fraction of sp³-hybridized carbons (Fsp3) is 0.125. The summed E-state index contributed by atoms with van der Waals surface area (Å²) in [5.74, 6) is 0. The molecule has 5 heteroatoms. The molecule has 0 amide bonds. The summed E-state index contributed by atoms with van der Waals surface area (Å²) in [6.45, 7) is 0. The summed E-state index contributed by atoms with van der Waals surface area (Å²) < 4.78 is 1.12. The van der Waals surface area contributed by atoms with Crippen molar-refractivity contribution in [3.05, 3.63) is 69.7 Å². The molecule has 1 aliphatic carbocycles. The van der Waals surface area contributed by atoms with Crippen molar-refractivity contribution < 1.29 is 51.0 Å². The number of para-hydroxylation sites is 1. The van der Waals surface area contributed by atoms with Crippen LogP contribution in [0.5, 0.6) is 0 Å². The van der Waals surface area contributed by atoms with Gasteiger partial charge in [-0.05, 0) is 10.5 Å². The molecule has 1 nitrogen and oxygen atoms in total. The average molecular weight is 459 g/mol. The molecule has 0 aromatic heterocycles. The van der Waals surface area contributed by atoms with E-state index in [0.29, 0.717) is 6.04 Å². The van der Waals surface area contributed by atoms with Crippen LogP contribution < -0.4 is 29.7 Å². The van der Waals surface area contributed by atoms with Crippen LogP contribution in [0.3, 0.4) is 0 Å². The molecule has 4 rings (SSSR count). The van der Waals surface area contributed by atoms with Crippen molar-refractivity contribution in [1.82, 2.24) is 0 Å². The van der Waals surface area contributed by atoms with Crippen LogP contribution in [-0.4, -0.2) is 7.05 Å². The first kappa shape index (κ1) is 19.0.